The van der Waals surface area contributed by atoms with E-state index in [0.29, 0.717) is 0 Å². The van der Waals surface area contributed by atoms with Crippen molar-refractivity contribution < 1.29 is 5.11 Å². The summed E-state index contributed by atoms with van der Waals surface area (Å²) in [6.07, 6.45) is 2.44. The Balaban J connectivity index is 3.87. The fourth-order valence-electron chi connectivity index (χ4n) is 0.361. The third-order valence-corrected chi connectivity index (χ3v) is 1.78. The van der Waals surface area contributed by atoms with E-state index in [1.165, 1.54) is 6.08 Å². The van der Waals surface area contributed by atoms with Crippen molar-refractivity contribution >= 4 is 14.5 Å². The molecule has 0 aromatic carbocycles. The van der Waals surface area contributed by atoms with E-state index in [1.54, 1.807) is 6.21 Å². The van der Waals surface area contributed by atoms with Crippen LogP contribution < -0.4 is 0 Å². The van der Waals surface area contributed by atoms with Gasteiger partial charge in [0.2, 0.25) is 0 Å². The molecule has 0 aliphatic heterocycles. The monoisotopic (exact) mass is 157 g/mol. The summed E-state index contributed by atoms with van der Waals surface area (Å²) in [5.41, 5.74) is 0. The average molecular weight is 157 g/mol. The van der Waals surface area contributed by atoms with Gasteiger partial charge in [-0.2, -0.15) is 0 Å². The van der Waals surface area contributed by atoms with Crippen LogP contribution in [0, 0.1) is 0 Å². The molecule has 1 atom stereocenters. The number of rotatable bonds is 3. The SMILES string of the molecule is C=CC(O)C=N[Si](C)(C)C. The summed E-state index contributed by atoms with van der Waals surface area (Å²) < 4.78 is 4.22. The fourth-order valence-corrected chi connectivity index (χ4v) is 0.961. The molecule has 0 aliphatic carbocycles. The molecule has 10 heavy (non-hydrogen) atoms. The lowest BCUT2D eigenvalue weighted by molar-refractivity contribution is 0.294. The van der Waals surface area contributed by atoms with Gasteiger partial charge >= 0.3 is 0 Å². The Morgan fingerprint density at radius 3 is 2.30 bits per heavy atom. The second-order valence-electron chi connectivity index (χ2n) is 3.18. The highest BCUT2D eigenvalue weighted by Gasteiger charge is 2.09. The van der Waals surface area contributed by atoms with Gasteiger partial charge in [0, 0.05) is 6.21 Å². The van der Waals surface area contributed by atoms with Crippen LogP contribution in [0.4, 0.5) is 0 Å². The summed E-state index contributed by atoms with van der Waals surface area (Å²) >= 11 is 0. The van der Waals surface area contributed by atoms with E-state index in [4.69, 9.17) is 5.11 Å². The molecule has 2 nitrogen and oxygen atoms in total. The molecule has 0 spiro atoms. The molecular formula is C7H15NOSi. The van der Waals surface area contributed by atoms with Crippen molar-refractivity contribution in [3.8, 4) is 0 Å². The minimum absolute atomic E-state index is 0.577. The summed E-state index contributed by atoms with van der Waals surface area (Å²) in [6.45, 7) is 9.77. The molecule has 0 aliphatic rings. The Hall–Kier alpha value is -0.413. The highest BCUT2D eigenvalue weighted by Crippen LogP contribution is 2.00. The van der Waals surface area contributed by atoms with Gasteiger partial charge in [-0.3, -0.25) is 0 Å². The minimum atomic E-state index is -1.37. The van der Waals surface area contributed by atoms with Crippen molar-refractivity contribution in [1.29, 1.82) is 0 Å². The average Bonchev–Trinajstić information content (AvgIpc) is 1.81. The molecule has 58 valence electrons. The first kappa shape index (κ1) is 9.59. The molecule has 0 amide bonds. The smallest absolute Gasteiger partial charge is 0.171 e. The first-order valence-corrected chi connectivity index (χ1v) is 6.76. The summed E-state index contributed by atoms with van der Waals surface area (Å²) in [6, 6.07) is 0. The molecular weight excluding hydrogens is 142 g/mol. The van der Waals surface area contributed by atoms with Gasteiger partial charge in [0.1, 0.15) is 6.10 Å². The third kappa shape index (κ3) is 5.72. The number of aliphatic hydroxyl groups excluding tert-OH is 1. The topological polar surface area (TPSA) is 32.6 Å². The summed E-state index contributed by atoms with van der Waals surface area (Å²) in [5, 5.41) is 8.98. The lowest BCUT2D eigenvalue weighted by Gasteiger charge is -2.08. The Bertz CT molecular complexity index is 137. The van der Waals surface area contributed by atoms with E-state index in [1.807, 2.05) is 0 Å². The zero-order valence-corrected chi connectivity index (χ0v) is 7.83. The van der Waals surface area contributed by atoms with E-state index in [2.05, 4.69) is 30.9 Å². The van der Waals surface area contributed by atoms with Crippen molar-refractivity contribution in [2.24, 2.45) is 4.66 Å². The molecule has 1 N–H and O–H groups in total. The second kappa shape index (κ2) is 3.68. The van der Waals surface area contributed by atoms with Crippen LogP contribution in [-0.2, 0) is 0 Å². The van der Waals surface area contributed by atoms with Crippen molar-refractivity contribution in [2.75, 3.05) is 0 Å². The summed E-state index contributed by atoms with van der Waals surface area (Å²) in [4.78, 5) is 0. The van der Waals surface area contributed by atoms with Gasteiger partial charge < -0.3 is 9.76 Å². The summed E-state index contributed by atoms with van der Waals surface area (Å²) in [5.74, 6) is 0. The number of hydrogen-bond acceptors (Lipinski definition) is 2. The first-order valence-electron chi connectivity index (χ1n) is 3.31. The minimum Gasteiger partial charge on any atom is -0.383 e. The maximum atomic E-state index is 8.98. The predicted molar refractivity (Wildman–Crippen MR) is 48.0 cm³/mol. The van der Waals surface area contributed by atoms with E-state index in [9.17, 15) is 0 Å². The van der Waals surface area contributed by atoms with Crippen LogP contribution in [0.25, 0.3) is 0 Å². The molecule has 0 saturated heterocycles. The molecule has 0 rings (SSSR count). The maximum Gasteiger partial charge on any atom is 0.171 e. The van der Waals surface area contributed by atoms with Gasteiger partial charge in [0.25, 0.3) is 0 Å². The van der Waals surface area contributed by atoms with Crippen molar-refractivity contribution in [3.05, 3.63) is 12.7 Å². The predicted octanol–water partition coefficient (Wildman–Crippen LogP) is 1.44. The third-order valence-electron chi connectivity index (χ3n) is 0.856. The Labute approximate surface area is 63.4 Å². The van der Waals surface area contributed by atoms with Crippen LogP contribution >= 0.6 is 0 Å². The maximum absolute atomic E-state index is 8.98. The van der Waals surface area contributed by atoms with Crippen molar-refractivity contribution in [2.45, 2.75) is 25.7 Å². The van der Waals surface area contributed by atoms with Gasteiger partial charge in [-0.25, -0.2) is 0 Å². The van der Waals surface area contributed by atoms with E-state index in [0.717, 1.165) is 0 Å². The fraction of sp³-hybridized carbons (Fsp3) is 0.571. The van der Waals surface area contributed by atoms with Gasteiger partial charge in [-0.15, -0.1) is 6.58 Å². The molecule has 0 saturated carbocycles. The van der Waals surface area contributed by atoms with Gasteiger partial charge in [0.15, 0.2) is 8.24 Å². The standard InChI is InChI=1S/C7H15NOSi/c1-5-7(9)6-8-10(2,3)4/h5-7,9H,1H2,2-4H3. The van der Waals surface area contributed by atoms with E-state index >= 15 is 0 Å². The van der Waals surface area contributed by atoms with E-state index < -0.39 is 14.3 Å². The lowest BCUT2D eigenvalue weighted by atomic mass is 10.4. The number of nitrogens with zero attached hydrogens (tertiary/aromatic N) is 1. The van der Waals surface area contributed by atoms with Crippen LogP contribution in [0.1, 0.15) is 0 Å². The quantitative estimate of drug-likeness (QED) is 0.375. The molecule has 3 heteroatoms. The molecule has 0 aromatic heterocycles. The largest absolute Gasteiger partial charge is 0.383 e. The Morgan fingerprint density at radius 2 is 2.00 bits per heavy atom. The molecule has 0 aromatic rings. The second-order valence-corrected chi connectivity index (χ2v) is 7.78. The van der Waals surface area contributed by atoms with Crippen LogP contribution in [-0.4, -0.2) is 25.7 Å². The lowest BCUT2D eigenvalue weighted by Crippen LogP contribution is -2.18. The van der Waals surface area contributed by atoms with Crippen molar-refractivity contribution in [1.82, 2.24) is 0 Å². The van der Waals surface area contributed by atoms with Crippen LogP contribution in [0.15, 0.2) is 17.3 Å². The van der Waals surface area contributed by atoms with Crippen LogP contribution in [0.5, 0.6) is 0 Å². The molecule has 0 bridgehead atoms. The molecule has 0 radical (unpaired) electrons. The molecule has 0 heterocycles. The Morgan fingerprint density at radius 1 is 1.50 bits per heavy atom. The highest BCUT2D eigenvalue weighted by molar-refractivity contribution is 6.75. The number of hydrogen-bond donors (Lipinski definition) is 1. The van der Waals surface area contributed by atoms with E-state index in [-0.39, 0.29) is 0 Å². The highest BCUT2D eigenvalue weighted by atomic mass is 28.3. The van der Waals surface area contributed by atoms with Gasteiger partial charge in [-0.1, -0.05) is 6.08 Å². The Kier molecular flexibility index (Phi) is 3.53. The first-order chi connectivity index (χ1) is 4.45. The van der Waals surface area contributed by atoms with Gasteiger partial charge in [0.05, 0.1) is 0 Å². The zero-order chi connectivity index (χ0) is 8.20. The van der Waals surface area contributed by atoms with Crippen LogP contribution in [0.2, 0.25) is 19.6 Å². The number of aliphatic hydroxyl groups is 1. The molecule has 0 fully saturated rings. The summed E-state index contributed by atoms with van der Waals surface area (Å²) in [7, 11) is -1.37. The molecule has 1 unspecified atom stereocenters. The van der Waals surface area contributed by atoms with Gasteiger partial charge in [-0.05, 0) is 19.6 Å². The van der Waals surface area contributed by atoms with Crippen molar-refractivity contribution in [3.63, 3.8) is 0 Å². The zero-order valence-electron chi connectivity index (χ0n) is 6.83. The normalized spacial score (nSPS) is 15.6. The van der Waals surface area contributed by atoms with Crippen LogP contribution in [0.3, 0.4) is 0 Å².